The molecule has 1 atom stereocenters. The van der Waals surface area contributed by atoms with Crippen molar-refractivity contribution in [2.75, 3.05) is 26.2 Å². The molecule has 0 aliphatic carbocycles. The second kappa shape index (κ2) is 6.56. The molecular formula is C17H18ClFN2. The van der Waals surface area contributed by atoms with Gasteiger partial charge in [0.05, 0.1) is 6.04 Å². The fraction of sp³-hybridized carbons (Fsp3) is 0.294. The van der Waals surface area contributed by atoms with E-state index in [0.717, 1.165) is 42.3 Å². The maximum absolute atomic E-state index is 13.2. The van der Waals surface area contributed by atoms with E-state index in [9.17, 15) is 4.39 Å². The molecule has 110 valence electrons. The smallest absolute Gasteiger partial charge is 0.123 e. The van der Waals surface area contributed by atoms with Gasteiger partial charge in [-0.25, -0.2) is 4.39 Å². The molecule has 1 fully saturated rings. The van der Waals surface area contributed by atoms with Crippen LogP contribution in [0.4, 0.5) is 4.39 Å². The molecule has 2 aromatic carbocycles. The SMILES string of the molecule is Fc1ccc(C(c2cccc(Cl)c2)N2CCNCC2)cc1. The van der Waals surface area contributed by atoms with E-state index in [1.54, 1.807) is 0 Å². The van der Waals surface area contributed by atoms with E-state index in [1.165, 1.54) is 12.1 Å². The van der Waals surface area contributed by atoms with Crippen molar-refractivity contribution in [3.63, 3.8) is 0 Å². The summed E-state index contributed by atoms with van der Waals surface area (Å²) in [4.78, 5) is 2.41. The molecule has 1 heterocycles. The summed E-state index contributed by atoms with van der Waals surface area (Å²) in [5.41, 5.74) is 2.25. The average molecular weight is 305 g/mol. The minimum atomic E-state index is -0.205. The van der Waals surface area contributed by atoms with Gasteiger partial charge in [0.15, 0.2) is 0 Å². The Morgan fingerprint density at radius 1 is 1.00 bits per heavy atom. The molecule has 0 amide bonds. The van der Waals surface area contributed by atoms with Crippen LogP contribution in [0.3, 0.4) is 0 Å². The maximum atomic E-state index is 13.2. The molecule has 0 radical (unpaired) electrons. The van der Waals surface area contributed by atoms with Gasteiger partial charge in [-0.05, 0) is 35.4 Å². The fourth-order valence-corrected chi connectivity index (χ4v) is 3.07. The van der Waals surface area contributed by atoms with Crippen LogP contribution < -0.4 is 5.32 Å². The normalized spacial score (nSPS) is 17.6. The van der Waals surface area contributed by atoms with Crippen LogP contribution in [0.15, 0.2) is 48.5 Å². The van der Waals surface area contributed by atoms with Crippen LogP contribution in [0, 0.1) is 5.82 Å². The Labute approximate surface area is 129 Å². The van der Waals surface area contributed by atoms with Gasteiger partial charge >= 0.3 is 0 Å². The molecule has 0 bridgehead atoms. The highest BCUT2D eigenvalue weighted by Crippen LogP contribution is 2.30. The number of nitrogens with one attached hydrogen (secondary N) is 1. The van der Waals surface area contributed by atoms with Crippen LogP contribution in [-0.4, -0.2) is 31.1 Å². The van der Waals surface area contributed by atoms with Crippen molar-refractivity contribution in [2.45, 2.75) is 6.04 Å². The maximum Gasteiger partial charge on any atom is 0.123 e. The van der Waals surface area contributed by atoms with Crippen LogP contribution in [0.25, 0.3) is 0 Å². The lowest BCUT2D eigenvalue weighted by Gasteiger charge is -2.35. The Morgan fingerprint density at radius 3 is 2.38 bits per heavy atom. The van der Waals surface area contributed by atoms with E-state index in [0.29, 0.717) is 0 Å². The van der Waals surface area contributed by atoms with Gasteiger partial charge in [-0.15, -0.1) is 0 Å². The number of piperazine rings is 1. The summed E-state index contributed by atoms with van der Waals surface area (Å²) in [5.74, 6) is -0.205. The quantitative estimate of drug-likeness (QED) is 0.934. The average Bonchev–Trinajstić information content (AvgIpc) is 2.51. The van der Waals surface area contributed by atoms with Crippen molar-refractivity contribution >= 4 is 11.6 Å². The highest BCUT2D eigenvalue weighted by atomic mass is 35.5. The summed E-state index contributed by atoms with van der Waals surface area (Å²) < 4.78 is 13.2. The highest BCUT2D eigenvalue weighted by Gasteiger charge is 2.23. The standard InChI is InChI=1S/C17H18ClFN2/c18-15-3-1-2-14(12-15)17(21-10-8-20-9-11-21)13-4-6-16(19)7-5-13/h1-7,12,17,20H,8-11H2. The minimum absolute atomic E-state index is 0.117. The topological polar surface area (TPSA) is 15.3 Å². The van der Waals surface area contributed by atoms with Crippen molar-refractivity contribution in [2.24, 2.45) is 0 Å². The Morgan fingerprint density at radius 2 is 1.71 bits per heavy atom. The first-order chi connectivity index (χ1) is 10.2. The van der Waals surface area contributed by atoms with Crippen LogP contribution in [0.1, 0.15) is 17.2 Å². The summed E-state index contributed by atoms with van der Waals surface area (Å²) in [6.45, 7) is 3.87. The molecule has 1 aliphatic heterocycles. The van der Waals surface area contributed by atoms with Gasteiger partial charge in [0, 0.05) is 31.2 Å². The lowest BCUT2D eigenvalue weighted by molar-refractivity contribution is 0.198. The summed E-state index contributed by atoms with van der Waals surface area (Å²) in [6, 6.07) is 14.8. The van der Waals surface area contributed by atoms with Crippen LogP contribution in [0.5, 0.6) is 0 Å². The van der Waals surface area contributed by atoms with E-state index in [4.69, 9.17) is 11.6 Å². The zero-order valence-corrected chi connectivity index (χ0v) is 12.5. The molecule has 2 nitrogen and oxygen atoms in total. The third kappa shape index (κ3) is 3.43. The Kier molecular flexibility index (Phi) is 4.54. The summed E-state index contributed by atoms with van der Waals surface area (Å²) >= 11 is 6.15. The van der Waals surface area contributed by atoms with E-state index >= 15 is 0 Å². The van der Waals surface area contributed by atoms with E-state index < -0.39 is 0 Å². The molecule has 0 aromatic heterocycles. The van der Waals surface area contributed by atoms with Gasteiger partial charge < -0.3 is 5.32 Å². The summed E-state index contributed by atoms with van der Waals surface area (Å²) in [6.07, 6.45) is 0. The lowest BCUT2D eigenvalue weighted by Crippen LogP contribution is -2.45. The first kappa shape index (κ1) is 14.5. The number of halogens is 2. The molecule has 4 heteroatoms. The van der Waals surface area contributed by atoms with Crippen molar-refractivity contribution in [3.8, 4) is 0 Å². The highest BCUT2D eigenvalue weighted by molar-refractivity contribution is 6.30. The molecule has 3 rings (SSSR count). The van der Waals surface area contributed by atoms with Crippen LogP contribution in [-0.2, 0) is 0 Å². The number of hydrogen-bond acceptors (Lipinski definition) is 2. The molecule has 0 saturated carbocycles. The first-order valence-corrected chi connectivity index (χ1v) is 7.57. The Balaban J connectivity index is 1.99. The second-order valence-electron chi connectivity index (χ2n) is 5.30. The van der Waals surface area contributed by atoms with E-state index in [1.807, 2.05) is 30.3 Å². The molecule has 1 N–H and O–H groups in total. The zero-order valence-electron chi connectivity index (χ0n) is 11.7. The Bertz CT molecular complexity index is 594. The summed E-state index contributed by atoms with van der Waals surface area (Å²) in [5, 5.41) is 4.10. The van der Waals surface area contributed by atoms with Gasteiger partial charge in [-0.2, -0.15) is 0 Å². The molecular weight excluding hydrogens is 287 g/mol. The second-order valence-corrected chi connectivity index (χ2v) is 5.73. The number of benzene rings is 2. The largest absolute Gasteiger partial charge is 0.314 e. The molecule has 0 spiro atoms. The lowest BCUT2D eigenvalue weighted by atomic mass is 9.96. The van der Waals surface area contributed by atoms with E-state index in [2.05, 4.69) is 16.3 Å². The monoisotopic (exact) mass is 304 g/mol. The fourth-order valence-electron chi connectivity index (χ4n) is 2.88. The van der Waals surface area contributed by atoms with Crippen molar-refractivity contribution < 1.29 is 4.39 Å². The van der Waals surface area contributed by atoms with Gasteiger partial charge in [-0.3, -0.25) is 4.90 Å². The van der Waals surface area contributed by atoms with Gasteiger partial charge in [-0.1, -0.05) is 35.9 Å². The Hall–Kier alpha value is -1.42. The van der Waals surface area contributed by atoms with Gasteiger partial charge in [0.2, 0.25) is 0 Å². The number of hydrogen-bond donors (Lipinski definition) is 1. The molecule has 21 heavy (non-hydrogen) atoms. The third-order valence-corrected chi connectivity index (χ3v) is 4.10. The molecule has 1 saturated heterocycles. The minimum Gasteiger partial charge on any atom is -0.314 e. The number of rotatable bonds is 3. The van der Waals surface area contributed by atoms with Crippen molar-refractivity contribution in [3.05, 3.63) is 70.5 Å². The molecule has 1 aliphatic rings. The summed E-state index contributed by atoms with van der Waals surface area (Å²) in [7, 11) is 0. The van der Waals surface area contributed by atoms with Crippen molar-refractivity contribution in [1.82, 2.24) is 10.2 Å². The van der Waals surface area contributed by atoms with Gasteiger partial charge in [0.25, 0.3) is 0 Å². The third-order valence-electron chi connectivity index (χ3n) is 3.87. The van der Waals surface area contributed by atoms with Crippen LogP contribution >= 0.6 is 11.6 Å². The van der Waals surface area contributed by atoms with Gasteiger partial charge in [0.1, 0.15) is 5.82 Å². The molecule has 1 unspecified atom stereocenters. The molecule has 2 aromatic rings. The predicted octanol–water partition coefficient (Wildman–Crippen LogP) is 3.47. The predicted molar refractivity (Wildman–Crippen MR) is 84.1 cm³/mol. The number of nitrogens with zero attached hydrogens (tertiary/aromatic N) is 1. The van der Waals surface area contributed by atoms with Crippen LogP contribution in [0.2, 0.25) is 5.02 Å². The van der Waals surface area contributed by atoms with Crippen molar-refractivity contribution in [1.29, 1.82) is 0 Å². The van der Waals surface area contributed by atoms with E-state index in [-0.39, 0.29) is 11.9 Å². The first-order valence-electron chi connectivity index (χ1n) is 7.20. The zero-order chi connectivity index (χ0) is 14.7.